The van der Waals surface area contributed by atoms with Gasteiger partial charge in [-0.2, -0.15) is 0 Å². The van der Waals surface area contributed by atoms with E-state index in [9.17, 15) is 9.59 Å². The number of aryl methyl sites for hydroxylation is 1. The average Bonchev–Trinajstić information content (AvgIpc) is 3.35. The van der Waals surface area contributed by atoms with Gasteiger partial charge in [-0.3, -0.25) is 9.59 Å². The summed E-state index contributed by atoms with van der Waals surface area (Å²) >= 11 is 0. The number of benzene rings is 2. The minimum atomic E-state index is 0.0556. The first-order valence-electron chi connectivity index (χ1n) is 10.4. The van der Waals surface area contributed by atoms with Crippen molar-refractivity contribution in [2.75, 3.05) is 11.4 Å². The topological polar surface area (TPSA) is 49.4 Å². The van der Waals surface area contributed by atoms with Crippen molar-refractivity contribution in [3.8, 4) is 0 Å². The smallest absolute Gasteiger partial charge is 0.258 e. The van der Waals surface area contributed by atoms with Gasteiger partial charge in [-0.15, -0.1) is 0 Å². The van der Waals surface area contributed by atoms with Crippen LogP contribution in [0.15, 0.2) is 42.5 Å². The number of anilines is 1. The molecule has 0 spiro atoms. The van der Waals surface area contributed by atoms with Gasteiger partial charge in [0.2, 0.25) is 5.91 Å². The van der Waals surface area contributed by atoms with Crippen LogP contribution in [-0.4, -0.2) is 18.4 Å². The molecule has 0 aromatic heterocycles. The molecule has 0 saturated heterocycles. The van der Waals surface area contributed by atoms with Gasteiger partial charge in [0.1, 0.15) is 0 Å². The molecule has 2 amide bonds. The van der Waals surface area contributed by atoms with Crippen molar-refractivity contribution in [3.05, 3.63) is 64.7 Å². The first-order valence-corrected chi connectivity index (χ1v) is 10.4. The minimum absolute atomic E-state index is 0.0556. The lowest BCUT2D eigenvalue weighted by molar-refractivity contribution is -0.122. The van der Waals surface area contributed by atoms with E-state index in [1.165, 1.54) is 31.2 Å². The van der Waals surface area contributed by atoms with Crippen LogP contribution in [0.5, 0.6) is 0 Å². The molecule has 2 aliphatic rings. The minimum Gasteiger partial charge on any atom is -0.352 e. The van der Waals surface area contributed by atoms with Gasteiger partial charge in [0.25, 0.3) is 5.91 Å². The quantitative estimate of drug-likeness (QED) is 0.841. The number of hydrogen-bond donors (Lipinski definition) is 1. The Balaban J connectivity index is 1.39. The Bertz CT molecular complexity index is 884. The molecule has 0 atom stereocenters. The maximum absolute atomic E-state index is 12.9. The van der Waals surface area contributed by atoms with E-state index >= 15 is 0 Å². The fraction of sp³-hybridized carbons (Fsp3) is 0.417. The van der Waals surface area contributed by atoms with Gasteiger partial charge in [-0.05, 0) is 61.4 Å². The highest BCUT2D eigenvalue weighted by Crippen LogP contribution is 2.30. The number of hydrogen-bond acceptors (Lipinski definition) is 2. The Morgan fingerprint density at radius 2 is 1.93 bits per heavy atom. The molecular weight excluding hydrogens is 348 g/mol. The first-order chi connectivity index (χ1) is 13.6. The molecule has 1 aliphatic heterocycles. The highest BCUT2D eigenvalue weighted by Gasteiger charge is 2.26. The predicted molar refractivity (Wildman–Crippen MR) is 111 cm³/mol. The fourth-order valence-corrected chi connectivity index (χ4v) is 4.46. The number of nitrogens with one attached hydrogen (secondary N) is 1. The molecule has 0 bridgehead atoms. The molecule has 28 heavy (non-hydrogen) atoms. The van der Waals surface area contributed by atoms with E-state index in [1.54, 1.807) is 0 Å². The molecule has 1 fully saturated rings. The zero-order valence-electron chi connectivity index (χ0n) is 16.5. The van der Waals surface area contributed by atoms with Crippen LogP contribution in [-0.2, 0) is 17.8 Å². The SMILES string of the molecule is Cc1cccc(C(=O)N2CCc3cc(CNC(=O)CC4CCCC4)ccc32)c1. The van der Waals surface area contributed by atoms with Crippen LogP contribution in [0, 0.1) is 12.8 Å². The zero-order chi connectivity index (χ0) is 19.5. The van der Waals surface area contributed by atoms with Gasteiger partial charge in [0, 0.05) is 30.8 Å². The van der Waals surface area contributed by atoms with E-state index in [-0.39, 0.29) is 11.8 Å². The molecule has 2 aromatic carbocycles. The normalized spacial score (nSPS) is 16.2. The molecule has 2 aromatic rings. The first kappa shape index (κ1) is 18.7. The number of fused-ring (bicyclic) bond motifs is 1. The Kier molecular flexibility index (Phi) is 5.47. The van der Waals surface area contributed by atoms with Crippen molar-refractivity contribution in [1.29, 1.82) is 0 Å². The molecule has 0 radical (unpaired) electrons. The van der Waals surface area contributed by atoms with Crippen molar-refractivity contribution in [1.82, 2.24) is 5.32 Å². The van der Waals surface area contributed by atoms with Crippen LogP contribution in [0.4, 0.5) is 5.69 Å². The van der Waals surface area contributed by atoms with Crippen molar-refractivity contribution < 1.29 is 9.59 Å². The molecule has 1 saturated carbocycles. The highest BCUT2D eigenvalue weighted by atomic mass is 16.2. The van der Waals surface area contributed by atoms with E-state index in [1.807, 2.05) is 48.2 Å². The third kappa shape index (κ3) is 4.11. The molecule has 4 rings (SSSR count). The Morgan fingerprint density at radius 3 is 2.71 bits per heavy atom. The second kappa shape index (κ2) is 8.17. The van der Waals surface area contributed by atoms with Crippen LogP contribution in [0.25, 0.3) is 0 Å². The largest absolute Gasteiger partial charge is 0.352 e. The predicted octanol–water partition coefficient (Wildman–Crippen LogP) is 4.39. The summed E-state index contributed by atoms with van der Waals surface area (Å²) in [5.41, 5.74) is 5.10. The molecule has 146 valence electrons. The standard InChI is InChI=1S/C24H28N2O2/c1-17-5-4-8-21(13-17)24(28)26-12-11-20-14-19(9-10-22(20)26)16-25-23(27)15-18-6-2-3-7-18/h4-5,8-10,13-14,18H,2-3,6-7,11-12,15-16H2,1H3,(H,25,27). The number of nitrogens with zero attached hydrogens (tertiary/aromatic N) is 1. The van der Waals surface area contributed by atoms with Gasteiger partial charge in [-0.1, -0.05) is 42.7 Å². The third-order valence-electron chi connectivity index (χ3n) is 5.99. The van der Waals surface area contributed by atoms with Gasteiger partial charge < -0.3 is 10.2 Å². The van der Waals surface area contributed by atoms with Crippen LogP contribution in [0.2, 0.25) is 0 Å². The molecule has 4 nitrogen and oxygen atoms in total. The third-order valence-corrected chi connectivity index (χ3v) is 5.99. The van der Waals surface area contributed by atoms with Gasteiger partial charge in [0.15, 0.2) is 0 Å². The molecule has 1 aliphatic carbocycles. The second-order valence-corrected chi connectivity index (χ2v) is 8.17. The lowest BCUT2D eigenvalue weighted by atomic mass is 10.0. The van der Waals surface area contributed by atoms with E-state index in [4.69, 9.17) is 0 Å². The average molecular weight is 377 g/mol. The second-order valence-electron chi connectivity index (χ2n) is 8.17. The number of carbonyl (C=O) groups is 2. The Hall–Kier alpha value is -2.62. The van der Waals surface area contributed by atoms with Crippen LogP contribution in [0.3, 0.4) is 0 Å². The summed E-state index contributed by atoms with van der Waals surface area (Å²) in [6, 6.07) is 13.9. The summed E-state index contributed by atoms with van der Waals surface area (Å²) in [5.74, 6) is 0.782. The van der Waals surface area contributed by atoms with Crippen LogP contribution >= 0.6 is 0 Å². The molecule has 1 heterocycles. The van der Waals surface area contributed by atoms with E-state index in [2.05, 4.69) is 11.4 Å². The summed E-state index contributed by atoms with van der Waals surface area (Å²) < 4.78 is 0. The maximum Gasteiger partial charge on any atom is 0.258 e. The summed E-state index contributed by atoms with van der Waals surface area (Å²) in [7, 11) is 0. The molecular formula is C24H28N2O2. The van der Waals surface area contributed by atoms with Crippen molar-refractivity contribution in [2.24, 2.45) is 5.92 Å². The lowest BCUT2D eigenvalue weighted by Crippen LogP contribution is -2.28. The molecule has 4 heteroatoms. The van der Waals surface area contributed by atoms with Crippen molar-refractivity contribution >= 4 is 17.5 Å². The van der Waals surface area contributed by atoms with Crippen molar-refractivity contribution in [2.45, 2.75) is 52.0 Å². The zero-order valence-corrected chi connectivity index (χ0v) is 16.5. The fourth-order valence-electron chi connectivity index (χ4n) is 4.46. The summed E-state index contributed by atoms with van der Waals surface area (Å²) in [4.78, 5) is 26.9. The van der Waals surface area contributed by atoms with E-state index in [0.717, 1.165) is 28.8 Å². The number of rotatable bonds is 5. The van der Waals surface area contributed by atoms with Crippen molar-refractivity contribution in [3.63, 3.8) is 0 Å². The Labute approximate surface area is 166 Å². The van der Waals surface area contributed by atoms with E-state index < -0.39 is 0 Å². The summed E-state index contributed by atoms with van der Waals surface area (Å²) in [5, 5.41) is 3.06. The summed E-state index contributed by atoms with van der Waals surface area (Å²) in [6.45, 7) is 3.27. The highest BCUT2D eigenvalue weighted by molar-refractivity contribution is 6.07. The Morgan fingerprint density at radius 1 is 1.11 bits per heavy atom. The lowest BCUT2D eigenvalue weighted by Gasteiger charge is -2.18. The van der Waals surface area contributed by atoms with Gasteiger partial charge in [-0.25, -0.2) is 0 Å². The van der Waals surface area contributed by atoms with Crippen LogP contribution in [0.1, 0.15) is 59.2 Å². The molecule has 0 unspecified atom stereocenters. The summed E-state index contributed by atoms with van der Waals surface area (Å²) in [6.07, 6.45) is 6.43. The van der Waals surface area contributed by atoms with Gasteiger partial charge in [0.05, 0.1) is 0 Å². The van der Waals surface area contributed by atoms with E-state index in [0.29, 0.717) is 25.4 Å². The maximum atomic E-state index is 12.9. The molecule has 1 N–H and O–H groups in total. The number of carbonyl (C=O) groups excluding carboxylic acids is 2. The van der Waals surface area contributed by atoms with Gasteiger partial charge >= 0.3 is 0 Å². The number of amides is 2. The monoisotopic (exact) mass is 376 g/mol. The van der Waals surface area contributed by atoms with Crippen LogP contribution < -0.4 is 10.2 Å².